The molecule has 3 N–H and O–H groups in total. The van der Waals surface area contributed by atoms with E-state index in [1.165, 1.54) is 0 Å². The van der Waals surface area contributed by atoms with Gasteiger partial charge in [-0.2, -0.15) is 0 Å². The highest BCUT2D eigenvalue weighted by Gasteiger charge is 2.15. The van der Waals surface area contributed by atoms with E-state index >= 15 is 0 Å². The normalized spacial score (nSPS) is 11.3. The molecule has 2 aromatic rings. The molecule has 0 aliphatic rings. The van der Waals surface area contributed by atoms with Crippen LogP contribution in [0.3, 0.4) is 0 Å². The molecule has 0 heterocycles. The first-order valence-corrected chi connectivity index (χ1v) is 9.20. The Morgan fingerprint density at radius 2 is 1.81 bits per heavy atom. The molecule has 0 saturated carbocycles. The summed E-state index contributed by atoms with van der Waals surface area (Å²) < 4.78 is 11.0. The first-order chi connectivity index (χ1) is 12.9. The second-order valence-electron chi connectivity index (χ2n) is 5.70. The molecule has 2 aromatic carbocycles. The summed E-state index contributed by atoms with van der Waals surface area (Å²) in [6.07, 6.45) is -0.716. The van der Waals surface area contributed by atoms with Crippen molar-refractivity contribution >= 4 is 40.5 Å². The lowest BCUT2D eigenvalue weighted by Crippen LogP contribution is -2.48. The standard InChI is InChI=1S/C19H22ClN3O3S/c1-4-25-15-7-9-16(10-8-15)26-13(3)18(24)22-23-19(27)21-14-6-5-12(2)17(20)11-14/h5-11,13H,4H2,1-3H3,(H,22,24)(H2,21,23,27)/t13-/m0/s1. The van der Waals surface area contributed by atoms with Gasteiger partial charge < -0.3 is 14.8 Å². The Kier molecular flexibility index (Phi) is 7.69. The van der Waals surface area contributed by atoms with Crippen molar-refractivity contribution in [2.24, 2.45) is 0 Å². The monoisotopic (exact) mass is 407 g/mol. The molecule has 0 fully saturated rings. The van der Waals surface area contributed by atoms with Gasteiger partial charge in [-0.1, -0.05) is 17.7 Å². The van der Waals surface area contributed by atoms with Gasteiger partial charge in [0.15, 0.2) is 11.2 Å². The van der Waals surface area contributed by atoms with Gasteiger partial charge in [0, 0.05) is 10.7 Å². The third-order valence-electron chi connectivity index (χ3n) is 3.55. The average molecular weight is 408 g/mol. The number of hydrogen-bond donors (Lipinski definition) is 3. The van der Waals surface area contributed by atoms with Gasteiger partial charge in [-0.05, 0) is 75.0 Å². The van der Waals surface area contributed by atoms with E-state index in [0.29, 0.717) is 17.4 Å². The third kappa shape index (κ3) is 6.62. The van der Waals surface area contributed by atoms with Crippen molar-refractivity contribution in [2.75, 3.05) is 11.9 Å². The number of ether oxygens (including phenoxy) is 2. The van der Waals surface area contributed by atoms with Crippen LogP contribution >= 0.6 is 23.8 Å². The topological polar surface area (TPSA) is 71.6 Å². The second kappa shape index (κ2) is 9.99. The van der Waals surface area contributed by atoms with Gasteiger partial charge in [0.25, 0.3) is 5.91 Å². The molecule has 0 bridgehead atoms. The molecule has 144 valence electrons. The Labute approximate surface area is 169 Å². The zero-order valence-electron chi connectivity index (χ0n) is 15.3. The molecule has 1 atom stereocenters. The highest BCUT2D eigenvalue weighted by molar-refractivity contribution is 7.80. The van der Waals surface area contributed by atoms with Gasteiger partial charge in [-0.15, -0.1) is 0 Å². The average Bonchev–Trinajstić information content (AvgIpc) is 2.64. The molecule has 0 unspecified atom stereocenters. The highest BCUT2D eigenvalue weighted by Crippen LogP contribution is 2.20. The fourth-order valence-electron chi connectivity index (χ4n) is 2.09. The lowest BCUT2D eigenvalue weighted by molar-refractivity contribution is -0.127. The zero-order valence-corrected chi connectivity index (χ0v) is 16.9. The number of carbonyl (C=O) groups excluding carboxylic acids is 1. The van der Waals surface area contributed by atoms with Crippen molar-refractivity contribution in [3.8, 4) is 11.5 Å². The van der Waals surface area contributed by atoms with Gasteiger partial charge in [-0.25, -0.2) is 0 Å². The maximum Gasteiger partial charge on any atom is 0.279 e. The number of hydrogen-bond acceptors (Lipinski definition) is 4. The quantitative estimate of drug-likeness (QED) is 0.499. The molecule has 0 saturated heterocycles. The van der Waals surface area contributed by atoms with Crippen LogP contribution in [0.1, 0.15) is 19.4 Å². The minimum Gasteiger partial charge on any atom is -0.494 e. The number of amides is 1. The van der Waals surface area contributed by atoms with Crippen molar-refractivity contribution < 1.29 is 14.3 Å². The number of anilines is 1. The van der Waals surface area contributed by atoms with Gasteiger partial charge in [0.1, 0.15) is 11.5 Å². The molecule has 0 spiro atoms. The molecule has 0 radical (unpaired) electrons. The lowest BCUT2D eigenvalue weighted by atomic mass is 10.2. The Hall–Kier alpha value is -2.51. The summed E-state index contributed by atoms with van der Waals surface area (Å²) in [6, 6.07) is 12.5. The van der Waals surface area contributed by atoms with E-state index < -0.39 is 6.10 Å². The molecular formula is C19H22ClN3O3S. The van der Waals surface area contributed by atoms with Crippen molar-refractivity contribution in [1.29, 1.82) is 0 Å². The molecule has 0 aromatic heterocycles. The Balaban J connectivity index is 1.79. The summed E-state index contributed by atoms with van der Waals surface area (Å²) in [5.74, 6) is 0.947. The van der Waals surface area contributed by atoms with Gasteiger partial charge in [0.2, 0.25) is 0 Å². The number of benzene rings is 2. The van der Waals surface area contributed by atoms with E-state index in [4.69, 9.17) is 33.3 Å². The summed E-state index contributed by atoms with van der Waals surface area (Å²) in [4.78, 5) is 12.1. The summed E-state index contributed by atoms with van der Waals surface area (Å²) >= 11 is 11.2. The number of nitrogens with one attached hydrogen (secondary N) is 3. The van der Waals surface area contributed by atoms with Crippen molar-refractivity contribution in [3.05, 3.63) is 53.1 Å². The van der Waals surface area contributed by atoms with Gasteiger partial charge in [-0.3, -0.25) is 15.6 Å². The van der Waals surface area contributed by atoms with Gasteiger partial charge in [0.05, 0.1) is 6.61 Å². The van der Waals surface area contributed by atoms with E-state index in [9.17, 15) is 4.79 Å². The van der Waals surface area contributed by atoms with Crippen molar-refractivity contribution in [1.82, 2.24) is 10.9 Å². The summed E-state index contributed by atoms with van der Waals surface area (Å²) in [5.41, 5.74) is 6.83. The number of hydrazine groups is 1. The molecule has 1 amide bonds. The van der Waals surface area contributed by atoms with Gasteiger partial charge >= 0.3 is 0 Å². The van der Waals surface area contributed by atoms with Crippen LogP contribution in [0.2, 0.25) is 5.02 Å². The van der Waals surface area contributed by atoms with Crippen LogP contribution in [-0.2, 0) is 4.79 Å². The van der Waals surface area contributed by atoms with E-state index in [0.717, 1.165) is 17.0 Å². The Morgan fingerprint density at radius 3 is 2.44 bits per heavy atom. The third-order valence-corrected chi connectivity index (χ3v) is 4.16. The largest absolute Gasteiger partial charge is 0.494 e. The van der Waals surface area contributed by atoms with Crippen molar-refractivity contribution in [3.63, 3.8) is 0 Å². The number of aryl methyl sites for hydroxylation is 1. The van der Waals surface area contributed by atoms with Crippen LogP contribution in [0, 0.1) is 6.92 Å². The number of halogens is 1. The second-order valence-corrected chi connectivity index (χ2v) is 6.51. The molecule has 0 aliphatic heterocycles. The molecule has 0 aliphatic carbocycles. The highest BCUT2D eigenvalue weighted by atomic mass is 35.5. The van der Waals surface area contributed by atoms with Crippen LogP contribution < -0.4 is 25.6 Å². The number of carbonyl (C=O) groups is 1. The summed E-state index contributed by atoms with van der Waals surface area (Å²) in [7, 11) is 0. The minimum absolute atomic E-state index is 0.233. The minimum atomic E-state index is -0.716. The van der Waals surface area contributed by atoms with E-state index in [2.05, 4.69) is 16.2 Å². The first kappa shape index (κ1) is 20.8. The molecule has 8 heteroatoms. The molecular weight excluding hydrogens is 386 g/mol. The SMILES string of the molecule is CCOc1ccc(O[C@@H](C)C(=O)NNC(=S)Nc2ccc(C)c(Cl)c2)cc1. The van der Waals surface area contributed by atoms with Crippen molar-refractivity contribution in [2.45, 2.75) is 26.9 Å². The van der Waals surface area contributed by atoms with E-state index in [1.807, 2.05) is 26.0 Å². The maximum absolute atomic E-state index is 12.1. The number of thiocarbonyl (C=S) groups is 1. The van der Waals surface area contributed by atoms with Crippen LogP contribution in [0.15, 0.2) is 42.5 Å². The summed E-state index contributed by atoms with van der Waals surface area (Å²) in [6.45, 7) is 6.06. The predicted molar refractivity (Wildman–Crippen MR) is 111 cm³/mol. The van der Waals surface area contributed by atoms with E-state index in [1.54, 1.807) is 37.3 Å². The van der Waals surface area contributed by atoms with Crippen LogP contribution in [0.5, 0.6) is 11.5 Å². The fraction of sp³-hybridized carbons (Fsp3) is 0.263. The smallest absolute Gasteiger partial charge is 0.279 e. The lowest BCUT2D eigenvalue weighted by Gasteiger charge is -2.17. The maximum atomic E-state index is 12.1. The molecule has 2 rings (SSSR count). The number of rotatable bonds is 6. The first-order valence-electron chi connectivity index (χ1n) is 8.41. The zero-order chi connectivity index (χ0) is 19.8. The van der Waals surface area contributed by atoms with Crippen LogP contribution in [0.4, 0.5) is 5.69 Å². The molecule has 27 heavy (non-hydrogen) atoms. The predicted octanol–water partition coefficient (Wildman–Crippen LogP) is 3.83. The Morgan fingerprint density at radius 1 is 1.15 bits per heavy atom. The van der Waals surface area contributed by atoms with E-state index in [-0.39, 0.29) is 11.0 Å². The van der Waals surface area contributed by atoms with Crippen LogP contribution in [0.25, 0.3) is 0 Å². The van der Waals surface area contributed by atoms with Crippen LogP contribution in [-0.4, -0.2) is 23.7 Å². The fourth-order valence-corrected chi connectivity index (χ4v) is 2.44. The Bertz CT molecular complexity index is 799. The summed E-state index contributed by atoms with van der Waals surface area (Å²) in [5, 5.41) is 3.80. The molecule has 6 nitrogen and oxygen atoms in total.